The first kappa shape index (κ1) is 24.5. The lowest BCUT2D eigenvalue weighted by Gasteiger charge is -2.43. The van der Waals surface area contributed by atoms with Gasteiger partial charge in [-0.1, -0.05) is 0 Å². The van der Waals surface area contributed by atoms with E-state index in [2.05, 4.69) is 0 Å². The highest BCUT2D eigenvalue weighted by atomic mass is 16.8. The maximum atomic E-state index is 13.8. The SMILES string of the molecule is COC(=O)[C@@]12CCC(=O)C(C(=O)OC(C)(C)C)=C1CC1(OCCO1)[C@@]13O[C@@H]1[C@H](OC)[C@H]1C[C@@H]2[C@@H]3C1O. The van der Waals surface area contributed by atoms with E-state index in [-0.39, 0.29) is 49.8 Å². The fraction of sp³-hybridized carbons (Fsp3) is 0.808. The first-order valence-electron chi connectivity index (χ1n) is 12.7. The van der Waals surface area contributed by atoms with E-state index >= 15 is 0 Å². The Balaban J connectivity index is 1.63. The van der Waals surface area contributed by atoms with Crippen molar-refractivity contribution < 1.29 is 47.9 Å². The van der Waals surface area contributed by atoms with Gasteiger partial charge in [-0.25, -0.2) is 4.79 Å². The van der Waals surface area contributed by atoms with E-state index in [4.69, 9.17) is 28.4 Å². The van der Waals surface area contributed by atoms with E-state index in [0.717, 1.165) is 0 Å². The van der Waals surface area contributed by atoms with Crippen LogP contribution in [0.2, 0.25) is 0 Å². The Morgan fingerprint density at radius 1 is 1.14 bits per heavy atom. The van der Waals surface area contributed by atoms with Gasteiger partial charge >= 0.3 is 11.9 Å². The summed E-state index contributed by atoms with van der Waals surface area (Å²) in [4.78, 5) is 40.7. The molecule has 3 saturated carbocycles. The zero-order valence-electron chi connectivity index (χ0n) is 21.3. The number of carbonyl (C=O) groups excluding carboxylic acids is 3. The summed E-state index contributed by atoms with van der Waals surface area (Å²) in [7, 11) is 2.90. The zero-order chi connectivity index (χ0) is 25.8. The number of hydrogen-bond donors (Lipinski definition) is 1. The summed E-state index contributed by atoms with van der Waals surface area (Å²) in [6, 6.07) is 0. The van der Waals surface area contributed by atoms with E-state index in [0.29, 0.717) is 12.0 Å². The number of Topliss-reactive ketones (excluding diaryl/α,β-unsaturated/α-hetero) is 1. The molecule has 0 amide bonds. The fourth-order valence-electron chi connectivity index (χ4n) is 8.22. The summed E-state index contributed by atoms with van der Waals surface area (Å²) in [5.41, 5.74) is -3.06. The van der Waals surface area contributed by atoms with Crippen LogP contribution in [0.3, 0.4) is 0 Å². The van der Waals surface area contributed by atoms with E-state index in [1.54, 1.807) is 27.9 Å². The molecule has 2 heterocycles. The molecular formula is C26H34O10. The third-order valence-electron chi connectivity index (χ3n) is 9.35. The van der Waals surface area contributed by atoms with Crippen LogP contribution in [0.25, 0.3) is 0 Å². The van der Waals surface area contributed by atoms with Crippen molar-refractivity contribution in [2.24, 2.45) is 23.2 Å². The van der Waals surface area contributed by atoms with Crippen LogP contribution in [0.4, 0.5) is 0 Å². The van der Waals surface area contributed by atoms with Gasteiger partial charge in [0.25, 0.3) is 0 Å². The number of ketones is 1. The van der Waals surface area contributed by atoms with Gasteiger partial charge in [0.15, 0.2) is 11.4 Å². The van der Waals surface area contributed by atoms with Crippen LogP contribution in [0, 0.1) is 23.2 Å². The summed E-state index contributed by atoms with van der Waals surface area (Å²) in [5.74, 6) is -4.35. The van der Waals surface area contributed by atoms with Crippen molar-refractivity contribution in [3.05, 3.63) is 11.1 Å². The maximum Gasteiger partial charge on any atom is 0.342 e. The lowest BCUT2D eigenvalue weighted by atomic mass is 9.59. The quantitative estimate of drug-likeness (QED) is 0.337. The summed E-state index contributed by atoms with van der Waals surface area (Å²) in [6.07, 6.45) is -1.09. The number of aliphatic hydroxyl groups is 1. The number of methoxy groups -OCH3 is 2. The average molecular weight is 507 g/mol. The molecule has 2 bridgehead atoms. The Morgan fingerprint density at radius 2 is 1.83 bits per heavy atom. The molecule has 6 rings (SSSR count). The molecule has 2 aliphatic heterocycles. The molecule has 10 nitrogen and oxygen atoms in total. The van der Waals surface area contributed by atoms with Crippen LogP contribution in [0.15, 0.2) is 11.1 Å². The van der Waals surface area contributed by atoms with Gasteiger partial charge in [-0.05, 0) is 45.1 Å². The van der Waals surface area contributed by atoms with Crippen LogP contribution in [-0.2, 0) is 42.8 Å². The third-order valence-corrected chi connectivity index (χ3v) is 9.35. The Kier molecular flexibility index (Phi) is 5.17. The summed E-state index contributed by atoms with van der Waals surface area (Å²) in [6.45, 7) is 5.73. The van der Waals surface area contributed by atoms with Gasteiger partial charge in [0.05, 0.1) is 37.9 Å². The van der Waals surface area contributed by atoms with Crippen LogP contribution in [0.1, 0.15) is 46.5 Å². The summed E-state index contributed by atoms with van der Waals surface area (Å²) in [5, 5.41) is 11.6. The third kappa shape index (κ3) is 2.82. The zero-order valence-corrected chi connectivity index (χ0v) is 21.3. The second-order valence-electron chi connectivity index (χ2n) is 11.9. The molecule has 2 saturated heterocycles. The van der Waals surface area contributed by atoms with Crippen molar-refractivity contribution in [3.8, 4) is 0 Å². The molecule has 0 aromatic rings. The normalized spacial score (nSPS) is 44.1. The van der Waals surface area contributed by atoms with Crippen molar-refractivity contribution in [3.63, 3.8) is 0 Å². The van der Waals surface area contributed by atoms with Crippen molar-refractivity contribution in [2.75, 3.05) is 27.4 Å². The first-order valence-corrected chi connectivity index (χ1v) is 12.7. The Morgan fingerprint density at radius 3 is 2.44 bits per heavy atom. The number of rotatable bonds is 3. The molecule has 4 aliphatic carbocycles. The Hall–Kier alpha value is -1.85. The van der Waals surface area contributed by atoms with Gasteiger partial charge in [-0.15, -0.1) is 0 Å². The standard InChI is InChI=1S/C26H34O10/c1-23(2,3)36-21(29)16-14-11-25(33-8-9-34-25)26-17-13(24(14,22(30)32-5)7-6-15(16)27)10-12(18(17)28)19(31-4)20(26)35-26/h12-13,17-20,28H,6-11H2,1-5H3/t12-,13+,17+,18?,19+,20+,24+,26-/m0/s1. The van der Waals surface area contributed by atoms with E-state index in [1.807, 2.05) is 0 Å². The lowest BCUT2D eigenvalue weighted by molar-refractivity contribution is -0.226. The van der Waals surface area contributed by atoms with Gasteiger partial charge in [0.1, 0.15) is 17.3 Å². The monoisotopic (exact) mass is 506 g/mol. The van der Waals surface area contributed by atoms with Crippen LogP contribution in [0.5, 0.6) is 0 Å². The molecule has 198 valence electrons. The number of esters is 2. The minimum Gasteiger partial charge on any atom is -0.468 e. The van der Waals surface area contributed by atoms with Crippen LogP contribution >= 0.6 is 0 Å². The second kappa shape index (κ2) is 7.60. The predicted octanol–water partition coefficient (Wildman–Crippen LogP) is 1.07. The molecule has 6 aliphatic rings. The molecule has 0 aromatic heterocycles. The number of fused-ring (bicyclic) bond motifs is 3. The number of hydrogen-bond acceptors (Lipinski definition) is 10. The van der Waals surface area contributed by atoms with Crippen LogP contribution < -0.4 is 0 Å². The lowest BCUT2D eigenvalue weighted by Crippen LogP contribution is -2.60. The summed E-state index contributed by atoms with van der Waals surface area (Å²) < 4.78 is 35.9. The first-order chi connectivity index (χ1) is 17.0. The molecule has 1 unspecified atom stereocenters. The molecule has 0 radical (unpaired) electrons. The minimum atomic E-state index is -1.39. The molecule has 10 heteroatoms. The number of epoxide rings is 1. The highest BCUT2D eigenvalue weighted by Gasteiger charge is 2.88. The highest BCUT2D eigenvalue weighted by Crippen LogP contribution is 2.74. The predicted molar refractivity (Wildman–Crippen MR) is 120 cm³/mol. The van der Waals surface area contributed by atoms with Gasteiger partial charge in [0, 0.05) is 31.8 Å². The van der Waals surface area contributed by atoms with Gasteiger partial charge in [0.2, 0.25) is 5.79 Å². The Labute approximate surface area is 209 Å². The van der Waals surface area contributed by atoms with E-state index < -0.39 is 64.5 Å². The topological polar surface area (TPSA) is 130 Å². The molecule has 0 aromatic carbocycles. The fourth-order valence-corrected chi connectivity index (χ4v) is 8.22. The highest BCUT2D eigenvalue weighted by molar-refractivity contribution is 6.19. The van der Waals surface area contributed by atoms with Crippen molar-refractivity contribution >= 4 is 17.7 Å². The maximum absolute atomic E-state index is 13.8. The van der Waals surface area contributed by atoms with Crippen LogP contribution in [-0.4, -0.2) is 85.6 Å². The Bertz CT molecular complexity index is 1050. The smallest absolute Gasteiger partial charge is 0.342 e. The average Bonchev–Trinajstić information content (AvgIpc) is 3.28. The molecular weight excluding hydrogens is 472 g/mol. The molecule has 8 atom stereocenters. The van der Waals surface area contributed by atoms with Crippen molar-refractivity contribution in [2.45, 2.75) is 81.8 Å². The van der Waals surface area contributed by atoms with Gasteiger partial charge in [-0.3, -0.25) is 9.59 Å². The number of aliphatic hydroxyl groups excluding tert-OH is 1. The van der Waals surface area contributed by atoms with E-state index in [1.165, 1.54) is 7.11 Å². The largest absolute Gasteiger partial charge is 0.468 e. The molecule has 1 N–H and O–H groups in total. The summed E-state index contributed by atoms with van der Waals surface area (Å²) >= 11 is 0. The van der Waals surface area contributed by atoms with Crippen molar-refractivity contribution in [1.29, 1.82) is 0 Å². The number of ether oxygens (including phenoxy) is 6. The van der Waals surface area contributed by atoms with E-state index in [9.17, 15) is 19.5 Å². The van der Waals surface area contributed by atoms with Crippen molar-refractivity contribution in [1.82, 2.24) is 0 Å². The minimum absolute atomic E-state index is 0.0170. The van der Waals surface area contributed by atoms with Gasteiger partial charge in [-0.2, -0.15) is 0 Å². The number of carbonyl (C=O) groups is 3. The molecule has 2 spiro atoms. The van der Waals surface area contributed by atoms with Gasteiger partial charge < -0.3 is 33.5 Å². The molecule has 5 fully saturated rings. The second-order valence-corrected chi connectivity index (χ2v) is 11.9. The molecule has 36 heavy (non-hydrogen) atoms.